The highest BCUT2D eigenvalue weighted by atomic mass is 16.5. The van der Waals surface area contributed by atoms with Gasteiger partial charge in [-0.05, 0) is 34.7 Å². The molecule has 1 N–H and O–H groups in total. The quantitative estimate of drug-likeness (QED) is 0.852. The molecule has 1 aromatic rings. The molecule has 0 spiro atoms. The molecule has 5 nitrogen and oxygen atoms in total. The molecule has 0 bridgehead atoms. The summed E-state index contributed by atoms with van der Waals surface area (Å²) in [6.07, 6.45) is 3.38. The summed E-state index contributed by atoms with van der Waals surface area (Å²) in [6, 6.07) is 0.220. The number of aromatic nitrogens is 2. The third-order valence-electron chi connectivity index (χ3n) is 3.08. The van der Waals surface area contributed by atoms with Gasteiger partial charge in [0.2, 0.25) is 0 Å². The highest BCUT2D eigenvalue weighted by molar-refractivity contribution is 5.09. The molecule has 0 radical (unpaired) electrons. The Bertz CT molecular complexity index is 384. The van der Waals surface area contributed by atoms with Crippen molar-refractivity contribution in [2.45, 2.75) is 45.4 Å². The van der Waals surface area contributed by atoms with Crippen LogP contribution in [0.15, 0.2) is 12.4 Å². The van der Waals surface area contributed by atoms with Crippen LogP contribution in [0.25, 0.3) is 0 Å². The smallest absolute Gasteiger partial charge is 0.0900 e. The maximum atomic E-state index is 10.00. The van der Waals surface area contributed by atoms with Gasteiger partial charge in [-0.3, -0.25) is 9.58 Å². The first kappa shape index (κ1) is 16.1. The van der Waals surface area contributed by atoms with Crippen LogP contribution in [0.1, 0.15) is 39.3 Å². The molecule has 0 fully saturated rings. The van der Waals surface area contributed by atoms with Gasteiger partial charge in [0, 0.05) is 31.4 Å². The molecule has 0 saturated heterocycles. The Morgan fingerprint density at radius 3 is 2.58 bits per heavy atom. The lowest BCUT2D eigenvalue weighted by Gasteiger charge is -2.28. The Hall–Kier alpha value is -0.910. The van der Waals surface area contributed by atoms with E-state index >= 15 is 0 Å². The second-order valence-electron chi connectivity index (χ2n) is 6.14. The van der Waals surface area contributed by atoms with E-state index in [0.29, 0.717) is 13.2 Å². The summed E-state index contributed by atoms with van der Waals surface area (Å²) < 4.78 is 7.38. The lowest BCUT2D eigenvalue weighted by Crippen LogP contribution is -2.36. The molecule has 0 aliphatic carbocycles. The molecule has 1 rings (SSSR count). The van der Waals surface area contributed by atoms with Gasteiger partial charge < -0.3 is 9.84 Å². The number of ether oxygens (including phenoxy) is 1. The number of hydrogen-bond acceptors (Lipinski definition) is 4. The van der Waals surface area contributed by atoms with Crippen LogP contribution in [-0.4, -0.2) is 51.7 Å². The number of aliphatic hydroxyl groups is 1. The number of aliphatic hydroxyl groups excluding tert-OH is 1. The largest absolute Gasteiger partial charge is 0.389 e. The van der Waals surface area contributed by atoms with E-state index in [0.717, 1.165) is 5.56 Å². The minimum Gasteiger partial charge on any atom is -0.389 e. The van der Waals surface area contributed by atoms with E-state index in [1.807, 2.05) is 47.3 Å². The first-order valence-electron chi connectivity index (χ1n) is 6.70. The standard InChI is InChI=1S/C14H27N3O2/c1-11(12-7-15-17(6)8-12)16(5)9-13(18)10-19-14(2,3)4/h7-8,11,13,18H,9-10H2,1-6H3. The zero-order valence-electron chi connectivity index (χ0n) is 12.9. The Kier molecular flexibility index (Phi) is 5.52. The van der Waals surface area contributed by atoms with Gasteiger partial charge in [-0.2, -0.15) is 5.10 Å². The number of likely N-dealkylation sites (N-methyl/N-ethyl adjacent to an activating group) is 1. The molecule has 2 unspecified atom stereocenters. The molecule has 0 aliphatic rings. The summed E-state index contributed by atoms with van der Waals surface area (Å²) in [4.78, 5) is 2.10. The molecule has 110 valence electrons. The molecular formula is C14H27N3O2. The van der Waals surface area contributed by atoms with E-state index in [9.17, 15) is 5.11 Å². The summed E-state index contributed by atoms with van der Waals surface area (Å²) in [5.41, 5.74) is 0.933. The molecule has 5 heteroatoms. The van der Waals surface area contributed by atoms with E-state index in [1.165, 1.54) is 0 Å². The number of rotatable bonds is 6. The minimum absolute atomic E-state index is 0.214. The van der Waals surface area contributed by atoms with Crippen molar-refractivity contribution in [1.82, 2.24) is 14.7 Å². The molecular weight excluding hydrogens is 242 g/mol. The van der Waals surface area contributed by atoms with E-state index in [2.05, 4.69) is 16.9 Å². The Morgan fingerprint density at radius 2 is 2.11 bits per heavy atom. The van der Waals surface area contributed by atoms with Crippen LogP contribution in [0.4, 0.5) is 0 Å². The van der Waals surface area contributed by atoms with Crippen LogP contribution in [0.5, 0.6) is 0 Å². The lowest BCUT2D eigenvalue weighted by molar-refractivity contribution is -0.0566. The third-order valence-corrected chi connectivity index (χ3v) is 3.08. The SMILES string of the molecule is CC(c1cnn(C)c1)N(C)CC(O)COC(C)(C)C. The first-order valence-corrected chi connectivity index (χ1v) is 6.70. The van der Waals surface area contributed by atoms with Gasteiger partial charge in [0.05, 0.1) is 24.5 Å². The van der Waals surface area contributed by atoms with Gasteiger partial charge in [-0.25, -0.2) is 0 Å². The summed E-state index contributed by atoms with van der Waals surface area (Å²) in [6.45, 7) is 9.00. The lowest BCUT2D eigenvalue weighted by atomic mass is 10.1. The summed E-state index contributed by atoms with van der Waals surface area (Å²) in [7, 11) is 3.90. The van der Waals surface area contributed by atoms with Crippen LogP contribution >= 0.6 is 0 Å². The van der Waals surface area contributed by atoms with Crippen LogP contribution in [-0.2, 0) is 11.8 Å². The number of aryl methyl sites for hydroxylation is 1. The highest BCUT2D eigenvalue weighted by Gasteiger charge is 2.18. The Labute approximate surface area is 116 Å². The topological polar surface area (TPSA) is 50.5 Å². The number of nitrogens with zero attached hydrogens (tertiary/aromatic N) is 3. The fourth-order valence-corrected chi connectivity index (χ4v) is 1.80. The molecule has 1 heterocycles. The van der Waals surface area contributed by atoms with Crippen LogP contribution in [0, 0.1) is 0 Å². The van der Waals surface area contributed by atoms with Crippen molar-refractivity contribution in [2.75, 3.05) is 20.2 Å². The average molecular weight is 269 g/mol. The van der Waals surface area contributed by atoms with E-state index in [-0.39, 0.29) is 11.6 Å². The van der Waals surface area contributed by atoms with Gasteiger partial charge in [0.25, 0.3) is 0 Å². The molecule has 0 amide bonds. The molecule has 2 atom stereocenters. The second kappa shape index (κ2) is 6.50. The van der Waals surface area contributed by atoms with Gasteiger partial charge in [0.15, 0.2) is 0 Å². The molecule has 0 saturated carbocycles. The molecule has 0 aliphatic heterocycles. The fraction of sp³-hybridized carbons (Fsp3) is 0.786. The zero-order valence-corrected chi connectivity index (χ0v) is 12.9. The molecule has 1 aromatic heterocycles. The van der Waals surface area contributed by atoms with Crippen LogP contribution in [0.2, 0.25) is 0 Å². The molecule has 19 heavy (non-hydrogen) atoms. The van der Waals surface area contributed by atoms with Crippen molar-refractivity contribution in [1.29, 1.82) is 0 Å². The molecule has 0 aromatic carbocycles. The van der Waals surface area contributed by atoms with Gasteiger partial charge in [-0.1, -0.05) is 0 Å². The van der Waals surface area contributed by atoms with Gasteiger partial charge in [-0.15, -0.1) is 0 Å². The van der Waals surface area contributed by atoms with Gasteiger partial charge in [0.1, 0.15) is 0 Å². The van der Waals surface area contributed by atoms with Crippen molar-refractivity contribution in [2.24, 2.45) is 7.05 Å². The van der Waals surface area contributed by atoms with Crippen molar-refractivity contribution >= 4 is 0 Å². The Balaban J connectivity index is 2.43. The minimum atomic E-state index is -0.483. The van der Waals surface area contributed by atoms with E-state index in [1.54, 1.807) is 4.68 Å². The van der Waals surface area contributed by atoms with Crippen molar-refractivity contribution < 1.29 is 9.84 Å². The maximum Gasteiger partial charge on any atom is 0.0900 e. The number of hydrogen-bond donors (Lipinski definition) is 1. The third kappa shape index (κ3) is 5.72. The van der Waals surface area contributed by atoms with Crippen molar-refractivity contribution in [3.8, 4) is 0 Å². The fourth-order valence-electron chi connectivity index (χ4n) is 1.80. The normalized spacial score (nSPS) is 15.8. The van der Waals surface area contributed by atoms with Crippen molar-refractivity contribution in [3.05, 3.63) is 18.0 Å². The first-order chi connectivity index (χ1) is 8.69. The van der Waals surface area contributed by atoms with E-state index in [4.69, 9.17) is 4.74 Å². The maximum absolute atomic E-state index is 10.00. The predicted octanol–water partition coefficient (Wildman–Crippen LogP) is 1.59. The summed E-state index contributed by atoms with van der Waals surface area (Å²) >= 11 is 0. The van der Waals surface area contributed by atoms with Gasteiger partial charge >= 0.3 is 0 Å². The highest BCUT2D eigenvalue weighted by Crippen LogP contribution is 2.18. The zero-order chi connectivity index (χ0) is 14.6. The van der Waals surface area contributed by atoms with Crippen molar-refractivity contribution in [3.63, 3.8) is 0 Å². The summed E-state index contributed by atoms with van der Waals surface area (Å²) in [5, 5.41) is 14.2. The summed E-state index contributed by atoms with van der Waals surface area (Å²) in [5.74, 6) is 0. The van der Waals surface area contributed by atoms with Crippen LogP contribution < -0.4 is 0 Å². The Morgan fingerprint density at radius 1 is 1.47 bits per heavy atom. The average Bonchev–Trinajstić information content (AvgIpc) is 2.71. The van der Waals surface area contributed by atoms with Crippen LogP contribution in [0.3, 0.4) is 0 Å². The predicted molar refractivity (Wildman–Crippen MR) is 76.0 cm³/mol. The monoisotopic (exact) mass is 269 g/mol. The van der Waals surface area contributed by atoms with E-state index < -0.39 is 6.10 Å². The second-order valence-corrected chi connectivity index (χ2v) is 6.14.